The lowest BCUT2D eigenvalue weighted by Crippen LogP contribution is -2.28. The van der Waals surface area contributed by atoms with Gasteiger partial charge in [0.15, 0.2) is 0 Å². The first-order valence-electron chi connectivity index (χ1n) is 6.55. The van der Waals surface area contributed by atoms with E-state index in [4.69, 9.17) is 0 Å². The SMILES string of the molecule is CCC1CCCC(C(NC)c2cccs2)C1. The molecule has 0 aliphatic heterocycles. The first kappa shape index (κ1) is 12.1. The molecule has 16 heavy (non-hydrogen) atoms. The third-order valence-electron chi connectivity index (χ3n) is 4.03. The van der Waals surface area contributed by atoms with Crippen molar-refractivity contribution in [2.24, 2.45) is 11.8 Å². The molecule has 1 heterocycles. The summed E-state index contributed by atoms with van der Waals surface area (Å²) in [6.07, 6.45) is 7.05. The molecule has 2 rings (SSSR count). The maximum absolute atomic E-state index is 3.53. The standard InChI is InChI=1S/C14H23NS/c1-3-11-6-4-7-12(10-11)14(15-2)13-8-5-9-16-13/h5,8-9,11-12,14-15H,3-4,6-7,10H2,1-2H3. The molecular formula is C14H23NS. The second-order valence-electron chi connectivity index (χ2n) is 4.98. The Morgan fingerprint density at radius 3 is 3.00 bits per heavy atom. The predicted octanol–water partition coefficient (Wildman–Crippen LogP) is 4.23. The molecule has 2 heteroatoms. The van der Waals surface area contributed by atoms with Crippen molar-refractivity contribution >= 4 is 11.3 Å². The van der Waals surface area contributed by atoms with Crippen LogP contribution in [0, 0.1) is 11.8 Å². The van der Waals surface area contributed by atoms with E-state index >= 15 is 0 Å². The molecule has 1 aromatic heterocycles. The van der Waals surface area contributed by atoms with Crippen molar-refractivity contribution in [2.45, 2.75) is 45.1 Å². The topological polar surface area (TPSA) is 12.0 Å². The molecule has 1 aliphatic rings. The smallest absolute Gasteiger partial charge is 0.0441 e. The predicted molar refractivity (Wildman–Crippen MR) is 71.9 cm³/mol. The highest BCUT2D eigenvalue weighted by Gasteiger charge is 2.28. The van der Waals surface area contributed by atoms with Gasteiger partial charge in [-0.05, 0) is 43.2 Å². The van der Waals surface area contributed by atoms with Crippen LogP contribution in [0.15, 0.2) is 17.5 Å². The fourth-order valence-electron chi connectivity index (χ4n) is 3.08. The number of rotatable bonds is 4. The van der Waals surface area contributed by atoms with E-state index in [0.29, 0.717) is 6.04 Å². The van der Waals surface area contributed by atoms with Crippen LogP contribution in [0.4, 0.5) is 0 Å². The van der Waals surface area contributed by atoms with Gasteiger partial charge in [-0.2, -0.15) is 0 Å². The zero-order valence-corrected chi connectivity index (χ0v) is 11.2. The van der Waals surface area contributed by atoms with E-state index in [2.05, 4.69) is 36.8 Å². The Balaban J connectivity index is 2.03. The highest BCUT2D eigenvalue weighted by molar-refractivity contribution is 7.10. The van der Waals surface area contributed by atoms with Crippen molar-refractivity contribution in [1.29, 1.82) is 0 Å². The van der Waals surface area contributed by atoms with Gasteiger partial charge >= 0.3 is 0 Å². The fraction of sp³-hybridized carbons (Fsp3) is 0.714. The van der Waals surface area contributed by atoms with Crippen LogP contribution in [0.2, 0.25) is 0 Å². The highest BCUT2D eigenvalue weighted by Crippen LogP contribution is 2.39. The summed E-state index contributed by atoms with van der Waals surface area (Å²) in [5, 5.41) is 5.72. The van der Waals surface area contributed by atoms with Crippen LogP contribution in [-0.4, -0.2) is 7.05 Å². The summed E-state index contributed by atoms with van der Waals surface area (Å²) in [4.78, 5) is 1.52. The molecule has 0 saturated heterocycles. The molecule has 1 aromatic rings. The monoisotopic (exact) mass is 237 g/mol. The van der Waals surface area contributed by atoms with E-state index in [1.165, 1.54) is 37.0 Å². The summed E-state index contributed by atoms with van der Waals surface area (Å²) in [6, 6.07) is 5.04. The van der Waals surface area contributed by atoms with Gasteiger partial charge in [0.2, 0.25) is 0 Å². The average molecular weight is 237 g/mol. The van der Waals surface area contributed by atoms with Gasteiger partial charge in [0.25, 0.3) is 0 Å². The summed E-state index contributed by atoms with van der Waals surface area (Å²) < 4.78 is 0. The first-order chi connectivity index (χ1) is 7.85. The van der Waals surface area contributed by atoms with Crippen LogP contribution in [0.5, 0.6) is 0 Å². The van der Waals surface area contributed by atoms with Crippen LogP contribution >= 0.6 is 11.3 Å². The molecule has 0 amide bonds. The Bertz CT molecular complexity index is 294. The van der Waals surface area contributed by atoms with E-state index in [1.807, 2.05) is 11.3 Å². The Hall–Kier alpha value is -0.340. The molecule has 90 valence electrons. The van der Waals surface area contributed by atoms with E-state index in [0.717, 1.165) is 11.8 Å². The third-order valence-corrected chi connectivity index (χ3v) is 4.99. The molecule has 3 atom stereocenters. The van der Waals surface area contributed by atoms with Crippen molar-refractivity contribution in [3.05, 3.63) is 22.4 Å². The minimum Gasteiger partial charge on any atom is -0.312 e. The quantitative estimate of drug-likeness (QED) is 0.826. The Morgan fingerprint density at radius 2 is 2.38 bits per heavy atom. The van der Waals surface area contributed by atoms with E-state index in [9.17, 15) is 0 Å². The molecule has 0 radical (unpaired) electrons. The normalized spacial score (nSPS) is 27.9. The Kier molecular flexibility index (Phi) is 4.42. The number of thiophene rings is 1. The maximum Gasteiger partial charge on any atom is 0.0441 e. The zero-order valence-electron chi connectivity index (χ0n) is 10.4. The lowest BCUT2D eigenvalue weighted by molar-refractivity contribution is 0.216. The molecule has 1 N–H and O–H groups in total. The molecule has 0 bridgehead atoms. The van der Waals surface area contributed by atoms with Crippen LogP contribution < -0.4 is 5.32 Å². The maximum atomic E-state index is 3.53. The summed E-state index contributed by atoms with van der Waals surface area (Å²) in [5.41, 5.74) is 0. The molecule has 0 aromatic carbocycles. The van der Waals surface area contributed by atoms with Gasteiger partial charge in [-0.3, -0.25) is 0 Å². The number of hydrogen-bond donors (Lipinski definition) is 1. The fourth-order valence-corrected chi connectivity index (χ4v) is 4.01. The van der Waals surface area contributed by atoms with Crippen molar-refractivity contribution in [1.82, 2.24) is 5.32 Å². The van der Waals surface area contributed by atoms with Crippen molar-refractivity contribution in [3.63, 3.8) is 0 Å². The summed E-state index contributed by atoms with van der Waals surface area (Å²) in [5.74, 6) is 1.82. The lowest BCUT2D eigenvalue weighted by atomic mass is 9.76. The molecule has 3 unspecified atom stereocenters. The summed E-state index contributed by atoms with van der Waals surface area (Å²) >= 11 is 1.90. The van der Waals surface area contributed by atoms with Gasteiger partial charge < -0.3 is 5.32 Å². The molecule has 0 spiro atoms. The van der Waals surface area contributed by atoms with Crippen LogP contribution in [0.1, 0.15) is 49.9 Å². The number of nitrogens with one attached hydrogen (secondary N) is 1. The first-order valence-corrected chi connectivity index (χ1v) is 7.43. The Morgan fingerprint density at radius 1 is 1.50 bits per heavy atom. The third kappa shape index (κ3) is 2.67. The van der Waals surface area contributed by atoms with Crippen LogP contribution in [0.3, 0.4) is 0 Å². The van der Waals surface area contributed by atoms with Gasteiger partial charge in [-0.25, -0.2) is 0 Å². The summed E-state index contributed by atoms with van der Waals surface area (Å²) in [7, 11) is 2.11. The molecule has 1 saturated carbocycles. The lowest BCUT2D eigenvalue weighted by Gasteiger charge is -2.33. The van der Waals surface area contributed by atoms with Gasteiger partial charge in [-0.1, -0.05) is 32.3 Å². The number of hydrogen-bond acceptors (Lipinski definition) is 2. The van der Waals surface area contributed by atoms with Crippen molar-refractivity contribution < 1.29 is 0 Å². The minimum atomic E-state index is 0.592. The minimum absolute atomic E-state index is 0.592. The molecule has 1 nitrogen and oxygen atoms in total. The zero-order chi connectivity index (χ0) is 11.4. The van der Waals surface area contributed by atoms with E-state index in [1.54, 1.807) is 0 Å². The molecule has 1 aliphatic carbocycles. The van der Waals surface area contributed by atoms with E-state index < -0.39 is 0 Å². The molecule has 1 fully saturated rings. The van der Waals surface area contributed by atoms with Gasteiger partial charge in [-0.15, -0.1) is 11.3 Å². The second-order valence-corrected chi connectivity index (χ2v) is 5.96. The largest absolute Gasteiger partial charge is 0.312 e. The Labute approximate surface area is 103 Å². The van der Waals surface area contributed by atoms with Gasteiger partial charge in [0, 0.05) is 10.9 Å². The van der Waals surface area contributed by atoms with Gasteiger partial charge in [0.05, 0.1) is 0 Å². The van der Waals surface area contributed by atoms with Crippen molar-refractivity contribution in [3.8, 4) is 0 Å². The van der Waals surface area contributed by atoms with E-state index in [-0.39, 0.29) is 0 Å². The van der Waals surface area contributed by atoms with Crippen molar-refractivity contribution in [2.75, 3.05) is 7.05 Å². The van der Waals surface area contributed by atoms with Gasteiger partial charge in [0.1, 0.15) is 0 Å². The highest BCUT2D eigenvalue weighted by atomic mass is 32.1. The summed E-state index contributed by atoms with van der Waals surface area (Å²) in [6.45, 7) is 2.34. The second kappa shape index (κ2) is 5.83. The average Bonchev–Trinajstić information content (AvgIpc) is 2.84. The van der Waals surface area contributed by atoms with Crippen LogP contribution in [0.25, 0.3) is 0 Å². The van der Waals surface area contributed by atoms with Crippen LogP contribution in [-0.2, 0) is 0 Å². The molecular weight excluding hydrogens is 214 g/mol.